The number of nitrogens with one attached hydrogen (secondary N) is 1. The average molecular weight is 477 g/mol. The third-order valence-corrected chi connectivity index (χ3v) is 6.73. The summed E-state index contributed by atoms with van der Waals surface area (Å²) in [6, 6.07) is 7.25. The number of benzene rings is 1. The standard InChI is InChI=1S/C25H31F3N4O2/c1-17-15-21(18-5-4-6-19(16-18)25(26,27)28)23(29-9-14-33)30-22(17)24(34)32-12-7-20(8-13-32)31-10-2-3-11-31/h4-6,15-16,20,33H,2-3,7-14H2,1H3,(H,29,30). The highest BCUT2D eigenvalue weighted by molar-refractivity contribution is 5.95. The molecule has 2 N–H and O–H groups in total. The van der Waals surface area contributed by atoms with Crippen LogP contribution in [0.5, 0.6) is 0 Å². The van der Waals surface area contributed by atoms with Gasteiger partial charge in [0.25, 0.3) is 5.91 Å². The molecule has 1 aromatic heterocycles. The lowest BCUT2D eigenvalue weighted by Gasteiger charge is -2.36. The number of amides is 1. The second-order valence-electron chi connectivity index (χ2n) is 9.05. The Kier molecular flexibility index (Phi) is 7.42. The number of hydrogen-bond donors (Lipinski definition) is 2. The van der Waals surface area contributed by atoms with Crippen molar-refractivity contribution in [2.24, 2.45) is 0 Å². The number of pyridine rings is 1. The first-order chi connectivity index (χ1) is 16.3. The van der Waals surface area contributed by atoms with Crippen molar-refractivity contribution in [2.75, 3.05) is 44.6 Å². The molecule has 3 heterocycles. The highest BCUT2D eigenvalue weighted by Gasteiger charge is 2.32. The molecule has 2 aromatic rings. The summed E-state index contributed by atoms with van der Waals surface area (Å²) >= 11 is 0. The zero-order valence-electron chi connectivity index (χ0n) is 19.4. The topological polar surface area (TPSA) is 68.7 Å². The lowest BCUT2D eigenvalue weighted by molar-refractivity contribution is -0.137. The van der Waals surface area contributed by atoms with E-state index in [1.165, 1.54) is 18.9 Å². The molecular weight excluding hydrogens is 445 g/mol. The van der Waals surface area contributed by atoms with E-state index in [0.717, 1.165) is 38.1 Å². The number of rotatable bonds is 6. The van der Waals surface area contributed by atoms with E-state index in [1.807, 2.05) is 4.90 Å². The number of piperidine rings is 1. The van der Waals surface area contributed by atoms with E-state index in [0.29, 0.717) is 35.8 Å². The number of halogens is 3. The van der Waals surface area contributed by atoms with Crippen LogP contribution in [-0.4, -0.2) is 71.2 Å². The van der Waals surface area contributed by atoms with Gasteiger partial charge in [-0.25, -0.2) is 4.98 Å². The number of anilines is 1. The first kappa shape index (κ1) is 24.5. The van der Waals surface area contributed by atoms with Crippen molar-refractivity contribution in [1.29, 1.82) is 0 Å². The maximum absolute atomic E-state index is 13.3. The maximum Gasteiger partial charge on any atom is 0.416 e. The van der Waals surface area contributed by atoms with Crippen LogP contribution < -0.4 is 5.32 Å². The van der Waals surface area contributed by atoms with Crippen molar-refractivity contribution < 1.29 is 23.1 Å². The quantitative estimate of drug-likeness (QED) is 0.655. The van der Waals surface area contributed by atoms with E-state index in [9.17, 15) is 23.1 Å². The molecule has 0 saturated carbocycles. The third-order valence-electron chi connectivity index (χ3n) is 6.73. The molecule has 0 unspecified atom stereocenters. The zero-order chi connectivity index (χ0) is 24.3. The summed E-state index contributed by atoms with van der Waals surface area (Å²) in [5, 5.41) is 12.2. The van der Waals surface area contributed by atoms with E-state index in [2.05, 4.69) is 15.2 Å². The van der Waals surface area contributed by atoms with Crippen molar-refractivity contribution in [3.05, 3.63) is 47.2 Å². The number of aryl methyl sites for hydroxylation is 1. The van der Waals surface area contributed by atoms with Crippen LogP contribution in [-0.2, 0) is 6.18 Å². The van der Waals surface area contributed by atoms with Gasteiger partial charge in [-0.3, -0.25) is 4.79 Å². The molecule has 6 nitrogen and oxygen atoms in total. The second kappa shape index (κ2) is 10.3. The van der Waals surface area contributed by atoms with Crippen molar-refractivity contribution >= 4 is 11.7 Å². The summed E-state index contributed by atoms with van der Waals surface area (Å²) in [5.74, 6) is 0.120. The molecule has 34 heavy (non-hydrogen) atoms. The van der Waals surface area contributed by atoms with Crippen LogP contribution in [0, 0.1) is 6.92 Å². The summed E-state index contributed by atoms with van der Waals surface area (Å²) in [4.78, 5) is 22.2. The fourth-order valence-corrected chi connectivity index (χ4v) is 4.91. The molecule has 2 aliphatic rings. The van der Waals surface area contributed by atoms with Crippen molar-refractivity contribution in [2.45, 2.75) is 44.8 Å². The largest absolute Gasteiger partial charge is 0.416 e. The Morgan fingerprint density at radius 3 is 2.50 bits per heavy atom. The van der Waals surface area contributed by atoms with Gasteiger partial charge in [0, 0.05) is 31.2 Å². The first-order valence-corrected chi connectivity index (χ1v) is 11.8. The van der Waals surface area contributed by atoms with Crippen LogP contribution in [0.2, 0.25) is 0 Å². The molecule has 0 atom stereocenters. The molecule has 1 aromatic carbocycles. The minimum Gasteiger partial charge on any atom is -0.395 e. The van der Waals surface area contributed by atoms with Crippen LogP contribution in [0.15, 0.2) is 30.3 Å². The molecule has 0 aliphatic carbocycles. The van der Waals surface area contributed by atoms with E-state index >= 15 is 0 Å². The number of carbonyl (C=O) groups is 1. The number of aromatic nitrogens is 1. The molecule has 2 saturated heterocycles. The van der Waals surface area contributed by atoms with Crippen LogP contribution >= 0.6 is 0 Å². The minimum absolute atomic E-state index is 0.164. The number of likely N-dealkylation sites (tertiary alicyclic amines) is 2. The molecule has 1 amide bonds. The maximum atomic E-state index is 13.3. The normalized spacial score (nSPS) is 17.9. The molecular formula is C25H31F3N4O2. The SMILES string of the molecule is Cc1cc(-c2cccc(C(F)(F)F)c2)c(NCCO)nc1C(=O)N1CCC(N2CCCC2)CC1. The Morgan fingerprint density at radius 2 is 1.85 bits per heavy atom. The predicted octanol–water partition coefficient (Wildman–Crippen LogP) is 4.18. The number of aliphatic hydroxyl groups excluding tert-OH is 1. The second-order valence-corrected chi connectivity index (χ2v) is 9.05. The van der Waals surface area contributed by atoms with Crippen molar-refractivity contribution in [3.63, 3.8) is 0 Å². The third kappa shape index (κ3) is 5.36. The van der Waals surface area contributed by atoms with Crippen LogP contribution in [0.4, 0.5) is 19.0 Å². The number of alkyl halides is 3. The van der Waals surface area contributed by atoms with Crippen molar-refractivity contribution in [1.82, 2.24) is 14.8 Å². The average Bonchev–Trinajstić information content (AvgIpc) is 3.37. The smallest absolute Gasteiger partial charge is 0.395 e. The highest BCUT2D eigenvalue weighted by Crippen LogP contribution is 2.35. The number of hydrogen-bond acceptors (Lipinski definition) is 5. The Labute approximate surface area is 197 Å². The van der Waals surface area contributed by atoms with E-state index in [4.69, 9.17) is 0 Å². The highest BCUT2D eigenvalue weighted by atomic mass is 19.4. The summed E-state index contributed by atoms with van der Waals surface area (Å²) in [6.45, 7) is 5.34. The summed E-state index contributed by atoms with van der Waals surface area (Å²) < 4.78 is 39.8. The fourth-order valence-electron chi connectivity index (χ4n) is 4.91. The van der Waals surface area contributed by atoms with Crippen LogP contribution in [0.3, 0.4) is 0 Å². The summed E-state index contributed by atoms with van der Waals surface area (Å²) in [6.07, 6.45) is -0.117. The Morgan fingerprint density at radius 1 is 1.15 bits per heavy atom. The van der Waals surface area contributed by atoms with Gasteiger partial charge in [-0.1, -0.05) is 12.1 Å². The molecule has 0 bridgehead atoms. The molecule has 0 radical (unpaired) electrons. The number of aliphatic hydroxyl groups is 1. The minimum atomic E-state index is -4.46. The van der Waals surface area contributed by atoms with E-state index < -0.39 is 11.7 Å². The summed E-state index contributed by atoms with van der Waals surface area (Å²) in [5.41, 5.74) is 0.943. The van der Waals surface area contributed by atoms with Gasteiger partial charge in [0.05, 0.1) is 12.2 Å². The van der Waals surface area contributed by atoms with Gasteiger partial charge in [0.15, 0.2) is 0 Å². The van der Waals surface area contributed by atoms with Crippen molar-refractivity contribution in [3.8, 4) is 11.1 Å². The predicted molar refractivity (Wildman–Crippen MR) is 125 cm³/mol. The Balaban J connectivity index is 1.59. The Bertz CT molecular complexity index is 1010. The Hall–Kier alpha value is -2.65. The molecule has 0 spiro atoms. The summed E-state index contributed by atoms with van der Waals surface area (Å²) in [7, 11) is 0. The molecule has 9 heteroatoms. The lowest BCUT2D eigenvalue weighted by atomic mass is 9.99. The van der Waals surface area contributed by atoms with Gasteiger partial charge >= 0.3 is 6.18 Å². The van der Waals surface area contributed by atoms with Gasteiger partial charge in [-0.2, -0.15) is 13.2 Å². The van der Waals surface area contributed by atoms with Gasteiger partial charge in [0.1, 0.15) is 11.5 Å². The monoisotopic (exact) mass is 476 g/mol. The fraction of sp³-hybridized carbons (Fsp3) is 0.520. The zero-order valence-corrected chi connectivity index (χ0v) is 19.4. The van der Waals surface area contributed by atoms with Crippen LogP contribution in [0.25, 0.3) is 11.1 Å². The number of nitrogens with zero attached hydrogens (tertiary/aromatic N) is 3. The lowest BCUT2D eigenvalue weighted by Crippen LogP contribution is -2.46. The molecule has 2 aliphatic heterocycles. The van der Waals surface area contributed by atoms with E-state index in [1.54, 1.807) is 19.1 Å². The van der Waals surface area contributed by atoms with Gasteiger partial charge in [-0.15, -0.1) is 0 Å². The van der Waals surface area contributed by atoms with Gasteiger partial charge < -0.3 is 20.2 Å². The van der Waals surface area contributed by atoms with Crippen LogP contribution in [0.1, 0.15) is 47.3 Å². The molecule has 184 valence electrons. The number of carbonyl (C=O) groups excluding carboxylic acids is 1. The van der Waals surface area contributed by atoms with Gasteiger partial charge in [0.2, 0.25) is 0 Å². The first-order valence-electron chi connectivity index (χ1n) is 11.8. The molecule has 2 fully saturated rings. The van der Waals surface area contributed by atoms with Gasteiger partial charge in [-0.05, 0) is 75.0 Å². The molecule has 4 rings (SSSR count). The van der Waals surface area contributed by atoms with E-state index in [-0.39, 0.29) is 30.6 Å².